The number of hydrogen-bond donors (Lipinski definition) is 4. The summed E-state index contributed by atoms with van der Waals surface area (Å²) in [5.74, 6) is 0.253. The first kappa shape index (κ1) is 45.4. The lowest BCUT2D eigenvalue weighted by atomic mass is 9.88. The smallest absolute Gasteiger partial charge is 0.101 e. The Morgan fingerprint density at radius 1 is 0.893 bits per heavy atom. The lowest BCUT2D eigenvalue weighted by molar-refractivity contribution is 0.167. The topological polar surface area (TPSA) is 96.6 Å². The zero-order valence-electron chi connectivity index (χ0n) is 35.7. The van der Waals surface area contributed by atoms with Crippen LogP contribution in [0.3, 0.4) is 0 Å². The molecule has 1 fully saturated rings. The molecule has 7 N–H and O–H groups in total. The summed E-state index contributed by atoms with van der Waals surface area (Å²) >= 11 is 0. The first-order valence-corrected chi connectivity index (χ1v) is 21.0. The minimum Gasteiger partial charge on any atom is -0.398 e. The van der Waals surface area contributed by atoms with Crippen molar-refractivity contribution >= 4 is 28.2 Å². The molecule has 56 heavy (non-hydrogen) atoms. The van der Waals surface area contributed by atoms with Crippen molar-refractivity contribution in [3.63, 3.8) is 0 Å². The Bertz CT molecular complexity index is 1790. The summed E-state index contributed by atoms with van der Waals surface area (Å²) in [4.78, 5) is 4.90. The van der Waals surface area contributed by atoms with E-state index in [-0.39, 0.29) is 11.9 Å². The molecule has 5 rings (SSSR count). The summed E-state index contributed by atoms with van der Waals surface area (Å²) in [5, 5.41) is 3.91. The Morgan fingerprint density at radius 2 is 1.55 bits per heavy atom. The average Bonchev–Trinajstić information content (AvgIpc) is 3.24. The van der Waals surface area contributed by atoms with Crippen LogP contribution in [0.25, 0.3) is 22.5 Å². The SMILES string of the molecule is C=CN(C(=C)c1cccc(NC2CCC(N3CC=C(c4ccc(C(/C=C(\N)c5ccccc5)=C(N)N)cc4)CC3)CC2)c1C)C(CCCC)C(=C)C.CC.CC. The molecular formula is C50H72N6. The minimum absolute atomic E-state index is 0.206. The maximum absolute atomic E-state index is 6.39. The van der Waals surface area contributed by atoms with E-state index >= 15 is 0 Å². The van der Waals surface area contributed by atoms with E-state index in [1.807, 2.05) is 70.3 Å². The van der Waals surface area contributed by atoms with Gasteiger partial charge in [0.25, 0.3) is 0 Å². The van der Waals surface area contributed by atoms with Crippen molar-refractivity contribution in [2.45, 2.75) is 118 Å². The fourth-order valence-electron chi connectivity index (χ4n) is 7.84. The predicted octanol–water partition coefficient (Wildman–Crippen LogP) is 11.7. The summed E-state index contributed by atoms with van der Waals surface area (Å²) in [6, 6.07) is 26.2. The molecule has 0 saturated heterocycles. The highest BCUT2D eigenvalue weighted by Crippen LogP contribution is 2.34. The second kappa shape index (κ2) is 23.2. The zero-order chi connectivity index (χ0) is 41.2. The molecule has 0 aromatic heterocycles. The summed E-state index contributed by atoms with van der Waals surface area (Å²) in [6.45, 7) is 29.6. The van der Waals surface area contributed by atoms with Gasteiger partial charge in [0.1, 0.15) is 5.82 Å². The number of unbranched alkanes of at least 4 members (excludes halogenated alkanes) is 1. The molecule has 0 spiro atoms. The van der Waals surface area contributed by atoms with Gasteiger partial charge in [0.05, 0.1) is 6.04 Å². The second-order valence-corrected chi connectivity index (χ2v) is 14.6. The normalized spacial score (nSPS) is 17.4. The lowest BCUT2D eigenvalue weighted by Gasteiger charge is -2.39. The molecule has 6 nitrogen and oxygen atoms in total. The van der Waals surface area contributed by atoms with Gasteiger partial charge in [-0.1, -0.05) is 146 Å². The van der Waals surface area contributed by atoms with E-state index in [0.29, 0.717) is 17.8 Å². The number of nitrogens with two attached hydrogens (primary N) is 3. The molecule has 1 heterocycles. The van der Waals surface area contributed by atoms with E-state index in [0.717, 1.165) is 72.3 Å². The first-order chi connectivity index (χ1) is 27.1. The molecule has 1 unspecified atom stereocenters. The van der Waals surface area contributed by atoms with Crippen molar-refractivity contribution in [3.8, 4) is 0 Å². The van der Waals surface area contributed by atoms with Crippen molar-refractivity contribution in [2.24, 2.45) is 17.2 Å². The molecule has 1 aliphatic heterocycles. The van der Waals surface area contributed by atoms with E-state index in [4.69, 9.17) is 17.2 Å². The third-order valence-electron chi connectivity index (χ3n) is 11.0. The van der Waals surface area contributed by atoms with Gasteiger partial charge in [-0.25, -0.2) is 0 Å². The van der Waals surface area contributed by atoms with Crippen molar-refractivity contribution in [1.82, 2.24) is 9.80 Å². The monoisotopic (exact) mass is 757 g/mol. The van der Waals surface area contributed by atoms with Crippen molar-refractivity contribution in [2.75, 3.05) is 18.4 Å². The van der Waals surface area contributed by atoms with E-state index < -0.39 is 0 Å². The summed E-state index contributed by atoms with van der Waals surface area (Å²) in [7, 11) is 0. The van der Waals surface area contributed by atoms with Gasteiger partial charge in [0, 0.05) is 53.4 Å². The highest BCUT2D eigenvalue weighted by atomic mass is 15.2. The maximum atomic E-state index is 6.39. The Hall–Kier alpha value is -4.94. The van der Waals surface area contributed by atoms with Gasteiger partial charge >= 0.3 is 0 Å². The Labute approximate surface area is 340 Å². The van der Waals surface area contributed by atoms with Crippen LogP contribution < -0.4 is 22.5 Å². The van der Waals surface area contributed by atoms with Gasteiger partial charge in [-0.15, -0.1) is 0 Å². The van der Waals surface area contributed by atoms with E-state index in [1.54, 1.807) is 0 Å². The fourth-order valence-corrected chi connectivity index (χ4v) is 7.84. The largest absolute Gasteiger partial charge is 0.398 e. The Morgan fingerprint density at radius 3 is 2.11 bits per heavy atom. The summed E-state index contributed by atoms with van der Waals surface area (Å²) in [5.41, 5.74) is 30.2. The number of nitrogens with one attached hydrogen (secondary N) is 1. The number of anilines is 1. The molecule has 0 radical (unpaired) electrons. The van der Waals surface area contributed by atoms with Crippen LogP contribution in [0, 0.1) is 6.92 Å². The highest BCUT2D eigenvalue weighted by molar-refractivity contribution is 5.84. The van der Waals surface area contributed by atoms with E-state index in [2.05, 4.69) is 104 Å². The number of rotatable bonds is 15. The van der Waals surface area contributed by atoms with Gasteiger partial charge in [0.15, 0.2) is 0 Å². The van der Waals surface area contributed by atoms with Crippen LogP contribution in [-0.4, -0.2) is 41.0 Å². The van der Waals surface area contributed by atoms with Gasteiger partial charge in [-0.05, 0) is 98.5 Å². The molecule has 6 heteroatoms. The molecule has 1 aliphatic carbocycles. The van der Waals surface area contributed by atoms with E-state index in [1.165, 1.54) is 48.1 Å². The maximum Gasteiger partial charge on any atom is 0.101 e. The van der Waals surface area contributed by atoms with E-state index in [9.17, 15) is 0 Å². The van der Waals surface area contributed by atoms with Crippen LogP contribution >= 0.6 is 0 Å². The predicted molar refractivity (Wildman–Crippen MR) is 247 cm³/mol. The number of nitrogens with zero attached hydrogens (tertiary/aromatic N) is 2. The van der Waals surface area contributed by atoms with Gasteiger partial charge in [-0.2, -0.15) is 0 Å². The molecule has 3 aromatic carbocycles. The molecular weight excluding hydrogens is 685 g/mol. The first-order valence-electron chi connectivity index (χ1n) is 21.0. The quantitative estimate of drug-likeness (QED) is 0.0911. The molecule has 3 aromatic rings. The van der Waals surface area contributed by atoms with Crippen LogP contribution in [0.4, 0.5) is 5.69 Å². The third kappa shape index (κ3) is 12.0. The second-order valence-electron chi connectivity index (χ2n) is 14.6. The molecule has 0 bridgehead atoms. The molecule has 1 saturated carbocycles. The molecule has 302 valence electrons. The van der Waals surface area contributed by atoms with Gasteiger partial charge < -0.3 is 27.4 Å². The minimum atomic E-state index is 0.206. The van der Waals surface area contributed by atoms with Crippen LogP contribution in [0.15, 0.2) is 122 Å². The lowest BCUT2D eigenvalue weighted by Crippen LogP contribution is -2.42. The average molecular weight is 757 g/mol. The molecule has 1 atom stereocenters. The van der Waals surface area contributed by atoms with Crippen LogP contribution in [-0.2, 0) is 0 Å². The van der Waals surface area contributed by atoms with Crippen molar-refractivity contribution < 1.29 is 0 Å². The Balaban J connectivity index is 0.00000204. The summed E-state index contributed by atoms with van der Waals surface area (Å²) in [6.07, 6.45) is 15.3. The van der Waals surface area contributed by atoms with Gasteiger partial charge in [-0.3, -0.25) is 4.90 Å². The van der Waals surface area contributed by atoms with Crippen LogP contribution in [0.5, 0.6) is 0 Å². The standard InChI is InChI=1S/C46H60N6.2C2H6/c1-7-9-18-45(32(3)4)52(8-2)34(6)41-16-13-17-44(33(41)5)50-39-23-25-40(26-24-39)51-29-27-36(28-30-51)35-19-21-37(22-20-35)42(46(48)49)31-43(47)38-14-11-10-12-15-38;2*1-2/h8,10-17,19-22,27,31,39-40,45,50H,2-3,6-7,9,18,23-26,28-30,47-49H2,1,4-5H3;2*1-2H3/b43-31-;;. The zero-order valence-corrected chi connectivity index (χ0v) is 35.7. The number of allylic oxidation sites excluding steroid dienone is 2. The van der Waals surface area contributed by atoms with Crippen molar-refractivity contribution in [3.05, 3.63) is 150 Å². The third-order valence-corrected chi connectivity index (χ3v) is 11.0. The molecule has 0 amide bonds. The number of hydrogen-bond acceptors (Lipinski definition) is 6. The molecule has 2 aliphatic rings. The number of benzene rings is 3. The van der Waals surface area contributed by atoms with Crippen LogP contribution in [0.2, 0.25) is 0 Å². The Kier molecular flexibility index (Phi) is 18.8. The highest BCUT2D eigenvalue weighted by Gasteiger charge is 2.28. The van der Waals surface area contributed by atoms with Crippen molar-refractivity contribution in [1.29, 1.82) is 0 Å². The van der Waals surface area contributed by atoms with Gasteiger partial charge in [0.2, 0.25) is 0 Å². The fraction of sp³-hybridized carbons (Fsp3) is 0.400. The van der Waals surface area contributed by atoms with Crippen LogP contribution in [0.1, 0.15) is 121 Å². The summed E-state index contributed by atoms with van der Waals surface area (Å²) < 4.78 is 0.